The van der Waals surface area contributed by atoms with E-state index in [-0.39, 0.29) is 5.56 Å². The van der Waals surface area contributed by atoms with Gasteiger partial charge >= 0.3 is 6.09 Å². The van der Waals surface area contributed by atoms with Gasteiger partial charge in [-0.2, -0.15) is 4.98 Å². The lowest BCUT2D eigenvalue weighted by Crippen LogP contribution is -2.27. The molecular weight excluding hydrogens is 382 g/mol. The fourth-order valence-corrected chi connectivity index (χ4v) is 2.85. The number of rotatable bonds is 6. The Morgan fingerprint density at radius 2 is 1.80 bits per heavy atom. The zero-order valence-corrected chi connectivity index (χ0v) is 17.7. The van der Waals surface area contributed by atoms with Gasteiger partial charge in [0.15, 0.2) is 0 Å². The number of unbranched alkanes of at least 4 members (excludes halogenated alkanes) is 1. The van der Waals surface area contributed by atoms with E-state index < -0.39 is 11.7 Å². The zero-order chi connectivity index (χ0) is 21.7. The maximum Gasteiger partial charge on any atom is 0.412 e. The average molecular weight is 409 g/mol. The Morgan fingerprint density at radius 3 is 2.47 bits per heavy atom. The Hall–Kier alpha value is -3.42. The molecule has 8 nitrogen and oxygen atoms in total. The van der Waals surface area contributed by atoms with Gasteiger partial charge in [0.2, 0.25) is 5.95 Å². The third kappa shape index (κ3) is 5.56. The van der Waals surface area contributed by atoms with Crippen molar-refractivity contribution in [2.45, 2.75) is 52.7 Å². The van der Waals surface area contributed by atoms with E-state index >= 15 is 0 Å². The van der Waals surface area contributed by atoms with Crippen LogP contribution >= 0.6 is 0 Å². The molecule has 0 saturated heterocycles. The van der Waals surface area contributed by atoms with E-state index in [4.69, 9.17) is 4.74 Å². The zero-order valence-electron chi connectivity index (χ0n) is 17.7. The Bertz CT molecular complexity index is 1080. The summed E-state index contributed by atoms with van der Waals surface area (Å²) in [5, 5.41) is 6.64. The van der Waals surface area contributed by atoms with Crippen molar-refractivity contribution in [1.82, 2.24) is 14.5 Å². The highest BCUT2D eigenvalue weighted by atomic mass is 16.6. The molecule has 3 rings (SSSR count). The standard InChI is InChI=1S/C22H27N5O3/c1-5-6-13-27-18(28)12-7-15-14-23-20(26-19(15)27)24-16-8-10-17(11-9-16)25-21(29)30-22(2,3)4/h7-12,14H,5-6,13H2,1-4H3,(H,25,29)(H,23,24,26). The molecule has 158 valence electrons. The number of aryl methyl sites for hydroxylation is 1. The molecule has 2 heterocycles. The van der Waals surface area contributed by atoms with Gasteiger partial charge in [0.1, 0.15) is 11.2 Å². The van der Waals surface area contributed by atoms with Crippen LogP contribution in [0, 0.1) is 0 Å². The minimum Gasteiger partial charge on any atom is -0.444 e. The van der Waals surface area contributed by atoms with E-state index in [9.17, 15) is 9.59 Å². The van der Waals surface area contributed by atoms with Crippen molar-refractivity contribution in [2.24, 2.45) is 0 Å². The molecule has 2 N–H and O–H groups in total. The first-order valence-corrected chi connectivity index (χ1v) is 9.99. The number of anilines is 3. The van der Waals surface area contributed by atoms with E-state index in [1.54, 1.807) is 47.2 Å². The van der Waals surface area contributed by atoms with Crippen LogP contribution < -0.4 is 16.2 Å². The third-order valence-electron chi connectivity index (χ3n) is 4.24. The molecule has 0 fully saturated rings. The summed E-state index contributed by atoms with van der Waals surface area (Å²) in [7, 11) is 0. The van der Waals surface area contributed by atoms with Crippen LogP contribution in [0.2, 0.25) is 0 Å². The molecule has 1 amide bonds. The quantitative estimate of drug-likeness (QED) is 0.613. The average Bonchev–Trinajstić information content (AvgIpc) is 2.67. The molecule has 0 bridgehead atoms. The predicted molar refractivity (Wildman–Crippen MR) is 118 cm³/mol. The van der Waals surface area contributed by atoms with Gasteiger partial charge in [-0.25, -0.2) is 9.78 Å². The first-order chi connectivity index (χ1) is 14.2. The molecule has 0 aliphatic heterocycles. The number of fused-ring (bicyclic) bond motifs is 1. The summed E-state index contributed by atoms with van der Waals surface area (Å²) in [6, 6.07) is 10.4. The van der Waals surface area contributed by atoms with Crippen molar-refractivity contribution in [1.29, 1.82) is 0 Å². The molecule has 0 atom stereocenters. The van der Waals surface area contributed by atoms with Crippen LogP contribution in [0.5, 0.6) is 0 Å². The Kier molecular flexibility index (Phi) is 6.34. The fraction of sp³-hybridized carbons (Fsp3) is 0.364. The molecule has 2 aromatic heterocycles. The topological polar surface area (TPSA) is 98.1 Å². The number of ether oxygens (including phenoxy) is 1. The van der Waals surface area contributed by atoms with Crippen molar-refractivity contribution in [3.63, 3.8) is 0 Å². The number of nitrogens with zero attached hydrogens (tertiary/aromatic N) is 3. The smallest absolute Gasteiger partial charge is 0.412 e. The maximum atomic E-state index is 12.3. The largest absolute Gasteiger partial charge is 0.444 e. The molecular formula is C22H27N5O3. The van der Waals surface area contributed by atoms with Crippen LogP contribution in [0.15, 0.2) is 47.4 Å². The van der Waals surface area contributed by atoms with E-state index in [1.807, 2.05) is 20.8 Å². The summed E-state index contributed by atoms with van der Waals surface area (Å²) < 4.78 is 6.92. The van der Waals surface area contributed by atoms with Crippen molar-refractivity contribution < 1.29 is 9.53 Å². The Balaban J connectivity index is 1.76. The van der Waals surface area contributed by atoms with Gasteiger partial charge in [-0.05, 0) is 57.5 Å². The first-order valence-electron chi connectivity index (χ1n) is 9.99. The number of hydrogen-bond donors (Lipinski definition) is 2. The van der Waals surface area contributed by atoms with Gasteiger partial charge in [0.25, 0.3) is 5.56 Å². The summed E-state index contributed by atoms with van der Waals surface area (Å²) in [5.74, 6) is 0.395. The fourth-order valence-electron chi connectivity index (χ4n) is 2.85. The number of aromatic nitrogens is 3. The van der Waals surface area contributed by atoms with Gasteiger partial charge in [-0.3, -0.25) is 14.7 Å². The van der Waals surface area contributed by atoms with Crippen LogP contribution in [0.4, 0.5) is 22.1 Å². The molecule has 0 spiro atoms. The molecule has 8 heteroatoms. The van der Waals surface area contributed by atoms with Crippen molar-refractivity contribution in [3.8, 4) is 0 Å². The van der Waals surface area contributed by atoms with Crippen molar-refractivity contribution in [2.75, 3.05) is 10.6 Å². The number of hydrogen-bond acceptors (Lipinski definition) is 6. The number of nitrogens with one attached hydrogen (secondary N) is 2. The number of benzene rings is 1. The second kappa shape index (κ2) is 8.94. The molecule has 0 unspecified atom stereocenters. The second-order valence-electron chi connectivity index (χ2n) is 7.98. The molecule has 30 heavy (non-hydrogen) atoms. The second-order valence-corrected chi connectivity index (χ2v) is 7.98. The number of carbonyl (C=O) groups is 1. The van der Waals surface area contributed by atoms with E-state index in [1.165, 1.54) is 0 Å². The number of carbonyl (C=O) groups excluding carboxylic acids is 1. The number of amides is 1. The van der Waals surface area contributed by atoms with Gasteiger partial charge in [0.05, 0.1) is 0 Å². The molecule has 0 radical (unpaired) electrons. The van der Waals surface area contributed by atoms with Gasteiger partial charge in [-0.15, -0.1) is 0 Å². The van der Waals surface area contributed by atoms with E-state index in [0.717, 1.165) is 23.9 Å². The Morgan fingerprint density at radius 1 is 1.10 bits per heavy atom. The molecule has 3 aromatic rings. The molecule has 0 aliphatic carbocycles. The van der Waals surface area contributed by atoms with Crippen LogP contribution in [-0.4, -0.2) is 26.2 Å². The lowest BCUT2D eigenvalue weighted by molar-refractivity contribution is 0.0636. The SMILES string of the molecule is CCCCn1c(=O)ccc2cnc(Nc3ccc(NC(=O)OC(C)(C)C)cc3)nc21. The van der Waals surface area contributed by atoms with Gasteiger partial charge < -0.3 is 10.1 Å². The third-order valence-corrected chi connectivity index (χ3v) is 4.24. The minimum atomic E-state index is -0.559. The monoisotopic (exact) mass is 409 g/mol. The van der Waals surface area contributed by atoms with Crippen molar-refractivity contribution in [3.05, 3.63) is 52.9 Å². The summed E-state index contributed by atoms with van der Waals surface area (Å²) in [6.45, 7) is 8.13. The first kappa shape index (κ1) is 21.3. The highest BCUT2D eigenvalue weighted by Gasteiger charge is 2.16. The van der Waals surface area contributed by atoms with Crippen molar-refractivity contribution >= 4 is 34.4 Å². The predicted octanol–water partition coefficient (Wildman–Crippen LogP) is 4.68. The summed E-state index contributed by atoms with van der Waals surface area (Å²) in [6.07, 6.45) is 3.08. The van der Waals surface area contributed by atoms with Gasteiger partial charge in [0, 0.05) is 35.6 Å². The summed E-state index contributed by atoms with van der Waals surface area (Å²) >= 11 is 0. The van der Waals surface area contributed by atoms with Gasteiger partial charge in [-0.1, -0.05) is 13.3 Å². The van der Waals surface area contributed by atoms with Crippen LogP contribution in [0.25, 0.3) is 11.0 Å². The van der Waals surface area contributed by atoms with Crippen LogP contribution in [0.1, 0.15) is 40.5 Å². The maximum absolute atomic E-state index is 12.3. The molecule has 1 aromatic carbocycles. The Labute approximate surface area is 175 Å². The lowest BCUT2D eigenvalue weighted by atomic mass is 10.2. The summed E-state index contributed by atoms with van der Waals surface area (Å²) in [4.78, 5) is 33.0. The van der Waals surface area contributed by atoms with E-state index in [2.05, 4.69) is 27.5 Å². The highest BCUT2D eigenvalue weighted by molar-refractivity contribution is 5.85. The van der Waals surface area contributed by atoms with Crippen LogP contribution in [-0.2, 0) is 11.3 Å². The molecule has 0 aliphatic rings. The normalized spacial score (nSPS) is 11.3. The highest BCUT2D eigenvalue weighted by Crippen LogP contribution is 2.19. The summed E-state index contributed by atoms with van der Waals surface area (Å²) in [5.41, 5.74) is 1.34. The molecule has 0 saturated carbocycles. The van der Waals surface area contributed by atoms with Crippen LogP contribution in [0.3, 0.4) is 0 Å². The lowest BCUT2D eigenvalue weighted by Gasteiger charge is -2.19. The number of pyridine rings is 1. The minimum absolute atomic E-state index is 0.0711. The van der Waals surface area contributed by atoms with E-state index in [0.29, 0.717) is 23.8 Å².